The number of ether oxygens (including phenoxy) is 2. The first-order chi connectivity index (χ1) is 17.4. The van der Waals surface area contributed by atoms with Crippen molar-refractivity contribution in [3.8, 4) is 5.75 Å². The average molecular weight is 505 g/mol. The van der Waals surface area contributed by atoms with Gasteiger partial charge in [-0.15, -0.1) is 0 Å². The fourth-order valence-electron chi connectivity index (χ4n) is 5.47. The van der Waals surface area contributed by atoms with E-state index in [4.69, 9.17) is 21.1 Å². The van der Waals surface area contributed by atoms with Crippen LogP contribution in [0.25, 0.3) is 0 Å². The molecule has 2 aliphatic rings. The summed E-state index contributed by atoms with van der Waals surface area (Å²) in [6, 6.07) is 22.6. The molecule has 8 heteroatoms. The molecule has 2 aliphatic heterocycles. The first kappa shape index (κ1) is 24.0. The van der Waals surface area contributed by atoms with Crippen LogP contribution in [0.4, 0.5) is 5.69 Å². The quantitative estimate of drug-likeness (QED) is 0.404. The Bertz CT molecular complexity index is 1300. The molecule has 3 aromatic carbocycles. The summed E-state index contributed by atoms with van der Waals surface area (Å²) in [7, 11) is 2.87. The lowest BCUT2D eigenvalue weighted by Crippen LogP contribution is -2.57. The number of methoxy groups -OCH3 is 2. The van der Waals surface area contributed by atoms with Crippen LogP contribution in [0.5, 0.6) is 5.75 Å². The van der Waals surface area contributed by atoms with E-state index in [-0.39, 0.29) is 12.3 Å². The zero-order valence-corrected chi connectivity index (χ0v) is 20.6. The van der Waals surface area contributed by atoms with E-state index < -0.39 is 35.3 Å². The van der Waals surface area contributed by atoms with Crippen LogP contribution >= 0.6 is 11.6 Å². The van der Waals surface area contributed by atoms with Gasteiger partial charge in [0.25, 0.3) is 0 Å². The molecule has 7 nitrogen and oxygen atoms in total. The molecule has 0 spiro atoms. The van der Waals surface area contributed by atoms with Gasteiger partial charge in [0.2, 0.25) is 11.8 Å². The number of rotatable bonds is 6. The van der Waals surface area contributed by atoms with Crippen molar-refractivity contribution in [3.63, 3.8) is 0 Å². The second-order valence-electron chi connectivity index (χ2n) is 9.01. The number of carbonyl (C=O) groups excluding carboxylic acids is 3. The largest absolute Gasteiger partial charge is 0.497 e. The third kappa shape index (κ3) is 3.85. The van der Waals surface area contributed by atoms with Crippen molar-refractivity contribution in [2.24, 2.45) is 11.8 Å². The topological polar surface area (TPSA) is 84.9 Å². The molecule has 0 aromatic heterocycles. The van der Waals surface area contributed by atoms with Crippen molar-refractivity contribution in [2.45, 2.75) is 18.0 Å². The van der Waals surface area contributed by atoms with Crippen LogP contribution in [0.1, 0.15) is 17.2 Å². The van der Waals surface area contributed by atoms with E-state index in [0.29, 0.717) is 16.5 Å². The van der Waals surface area contributed by atoms with E-state index in [1.807, 2.05) is 42.5 Å². The fraction of sp³-hybridized carbons (Fsp3) is 0.250. The van der Waals surface area contributed by atoms with Crippen molar-refractivity contribution < 1.29 is 23.9 Å². The molecule has 4 atom stereocenters. The van der Waals surface area contributed by atoms with Gasteiger partial charge in [0, 0.05) is 17.5 Å². The maximum Gasteiger partial charge on any atom is 0.327 e. The van der Waals surface area contributed by atoms with Crippen molar-refractivity contribution in [1.82, 2.24) is 5.32 Å². The molecule has 0 saturated carbocycles. The number of halogens is 1. The predicted octanol–water partition coefficient (Wildman–Crippen LogP) is 3.95. The van der Waals surface area contributed by atoms with Gasteiger partial charge in [-0.25, -0.2) is 4.90 Å². The van der Waals surface area contributed by atoms with Gasteiger partial charge < -0.3 is 9.47 Å². The van der Waals surface area contributed by atoms with Gasteiger partial charge >= 0.3 is 5.97 Å². The number of amides is 2. The number of imide groups is 1. The normalized spacial score (nSPS) is 25.1. The van der Waals surface area contributed by atoms with Crippen LogP contribution in [0.3, 0.4) is 0 Å². The third-order valence-corrected chi connectivity index (χ3v) is 7.34. The molecule has 2 amide bonds. The van der Waals surface area contributed by atoms with E-state index in [1.165, 1.54) is 12.0 Å². The van der Waals surface area contributed by atoms with E-state index in [9.17, 15) is 14.4 Å². The number of hydrogen-bond acceptors (Lipinski definition) is 6. The molecule has 0 unspecified atom stereocenters. The SMILES string of the molecule is COC(=O)[C@@]1(Cc2ccccc2)N[C@H](c2ccc(OC)cc2)[C@@H]2C(=O)N(c3ccc(Cl)cc3)C(=O)[C@H]21. The van der Waals surface area contributed by atoms with Crippen LogP contribution in [-0.4, -0.2) is 37.5 Å². The molecule has 5 rings (SSSR count). The summed E-state index contributed by atoms with van der Waals surface area (Å²) in [5.74, 6) is -2.54. The van der Waals surface area contributed by atoms with E-state index >= 15 is 0 Å². The highest BCUT2D eigenvalue weighted by molar-refractivity contribution is 6.31. The molecule has 0 aliphatic carbocycles. The summed E-state index contributed by atoms with van der Waals surface area (Å²) in [6.07, 6.45) is 0.182. The minimum Gasteiger partial charge on any atom is -0.497 e. The average Bonchev–Trinajstić information content (AvgIpc) is 3.38. The Balaban J connectivity index is 1.66. The van der Waals surface area contributed by atoms with Crippen molar-refractivity contribution in [3.05, 3.63) is 95.0 Å². The van der Waals surface area contributed by atoms with Crippen molar-refractivity contribution in [1.29, 1.82) is 0 Å². The second-order valence-corrected chi connectivity index (χ2v) is 9.45. The second kappa shape index (κ2) is 9.41. The summed E-state index contributed by atoms with van der Waals surface area (Å²) in [6.45, 7) is 0. The first-order valence-corrected chi connectivity index (χ1v) is 11.9. The molecular formula is C28H25ClN2O5. The Morgan fingerprint density at radius 2 is 1.61 bits per heavy atom. The molecule has 3 aromatic rings. The zero-order chi connectivity index (χ0) is 25.4. The highest BCUT2D eigenvalue weighted by Crippen LogP contribution is 2.51. The molecule has 2 saturated heterocycles. The molecule has 2 heterocycles. The Hall–Kier alpha value is -3.68. The Morgan fingerprint density at radius 3 is 2.22 bits per heavy atom. The number of nitrogens with zero attached hydrogens (tertiary/aromatic N) is 1. The number of carbonyl (C=O) groups is 3. The number of benzene rings is 3. The van der Waals surface area contributed by atoms with Gasteiger partial charge in [0.15, 0.2) is 0 Å². The molecule has 1 N–H and O–H groups in total. The summed E-state index contributed by atoms with van der Waals surface area (Å²) < 4.78 is 10.5. The van der Waals surface area contributed by atoms with Crippen LogP contribution in [0, 0.1) is 11.8 Å². The monoisotopic (exact) mass is 504 g/mol. The van der Waals surface area contributed by atoms with Crippen LogP contribution in [0.15, 0.2) is 78.9 Å². The van der Waals surface area contributed by atoms with E-state index in [1.54, 1.807) is 43.5 Å². The minimum atomic E-state index is -1.45. The van der Waals surface area contributed by atoms with Gasteiger partial charge in [0.05, 0.1) is 31.7 Å². The van der Waals surface area contributed by atoms with Crippen molar-refractivity contribution >= 4 is 35.1 Å². The van der Waals surface area contributed by atoms with Gasteiger partial charge in [-0.05, 0) is 47.5 Å². The van der Waals surface area contributed by atoms with E-state index in [2.05, 4.69) is 5.32 Å². The fourth-order valence-corrected chi connectivity index (χ4v) is 5.59. The molecular weight excluding hydrogens is 480 g/mol. The highest BCUT2D eigenvalue weighted by Gasteiger charge is 2.68. The Morgan fingerprint density at radius 1 is 0.944 bits per heavy atom. The Kier molecular flexibility index (Phi) is 6.28. The first-order valence-electron chi connectivity index (χ1n) is 11.6. The molecule has 36 heavy (non-hydrogen) atoms. The number of hydrogen-bond donors (Lipinski definition) is 1. The third-order valence-electron chi connectivity index (χ3n) is 7.09. The summed E-state index contributed by atoms with van der Waals surface area (Å²) in [4.78, 5) is 42.6. The maximum absolute atomic E-state index is 14.0. The maximum atomic E-state index is 14.0. The Labute approximate surface area is 214 Å². The lowest BCUT2D eigenvalue weighted by molar-refractivity contribution is -0.152. The lowest BCUT2D eigenvalue weighted by atomic mass is 9.76. The van der Waals surface area contributed by atoms with E-state index in [0.717, 1.165) is 11.1 Å². The number of nitrogens with one attached hydrogen (secondary N) is 1. The minimum absolute atomic E-state index is 0.182. The zero-order valence-electron chi connectivity index (χ0n) is 19.8. The number of fused-ring (bicyclic) bond motifs is 1. The van der Waals surface area contributed by atoms with Gasteiger partial charge in [-0.1, -0.05) is 54.1 Å². The van der Waals surface area contributed by atoms with Gasteiger partial charge in [-0.2, -0.15) is 0 Å². The molecule has 2 fully saturated rings. The number of esters is 1. The predicted molar refractivity (Wildman–Crippen MR) is 135 cm³/mol. The standard InChI is InChI=1S/C28H25ClN2O5/c1-35-21-14-8-18(9-15-21)24-22-23(26(33)31(25(22)32)20-12-10-19(29)11-13-20)28(30-24,27(34)36-2)16-17-6-4-3-5-7-17/h3-15,22-24,30H,16H2,1-2H3/t22-,23+,24-,28+/m1/s1. The van der Waals surface area contributed by atoms with Gasteiger partial charge in [-0.3, -0.25) is 19.7 Å². The molecule has 0 bridgehead atoms. The number of anilines is 1. The molecule has 0 radical (unpaired) electrons. The van der Waals surface area contributed by atoms with Gasteiger partial charge in [0.1, 0.15) is 11.3 Å². The summed E-state index contributed by atoms with van der Waals surface area (Å²) in [5.41, 5.74) is 0.577. The van der Waals surface area contributed by atoms with Crippen LogP contribution in [0.2, 0.25) is 5.02 Å². The lowest BCUT2D eigenvalue weighted by Gasteiger charge is -2.32. The highest BCUT2D eigenvalue weighted by atomic mass is 35.5. The smallest absolute Gasteiger partial charge is 0.327 e. The summed E-state index contributed by atoms with van der Waals surface area (Å²) in [5, 5.41) is 3.89. The van der Waals surface area contributed by atoms with Crippen LogP contribution < -0.4 is 15.0 Å². The summed E-state index contributed by atoms with van der Waals surface area (Å²) >= 11 is 6.04. The van der Waals surface area contributed by atoms with Crippen molar-refractivity contribution in [2.75, 3.05) is 19.1 Å². The molecule has 184 valence electrons. The van der Waals surface area contributed by atoms with Crippen LogP contribution in [-0.2, 0) is 25.5 Å².